The van der Waals surface area contributed by atoms with Gasteiger partial charge in [-0.3, -0.25) is 0 Å². The summed E-state index contributed by atoms with van der Waals surface area (Å²) in [5, 5.41) is 1.36. The highest BCUT2D eigenvalue weighted by Gasteiger charge is 1.99. The maximum Gasteiger partial charge on any atom is 0.0519 e. The Kier molecular flexibility index (Phi) is 4.73. The van der Waals surface area contributed by atoms with E-state index in [1.807, 2.05) is 26.0 Å². The van der Waals surface area contributed by atoms with E-state index >= 15 is 0 Å². The fourth-order valence-corrected chi connectivity index (χ4v) is 1.74. The van der Waals surface area contributed by atoms with Gasteiger partial charge in [0.05, 0.1) is 12.7 Å². The fraction of sp³-hybridized carbons (Fsp3) is 0.455. The summed E-state index contributed by atoms with van der Waals surface area (Å²) in [5.74, 6) is 0. The predicted molar refractivity (Wildman–Crippen MR) is 61.3 cm³/mol. The van der Waals surface area contributed by atoms with Crippen molar-refractivity contribution in [1.82, 2.24) is 0 Å². The average molecular weight is 233 g/mol. The lowest BCUT2D eigenvalue weighted by Crippen LogP contribution is -2.05. The van der Waals surface area contributed by atoms with Crippen LogP contribution in [-0.2, 0) is 11.2 Å². The number of hydrogen-bond acceptors (Lipinski definition) is 1. The Hall–Kier alpha value is -0.240. The first-order valence-corrected chi connectivity index (χ1v) is 5.40. The Morgan fingerprint density at radius 1 is 1.14 bits per heavy atom. The van der Waals surface area contributed by atoms with E-state index in [2.05, 4.69) is 0 Å². The Bertz CT molecular complexity index is 277. The van der Waals surface area contributed by atoms with Crippen LogP contribution in [0, 0.1) is 0 Å². The predicted octanol–water partition coefficient (Wildman–Crippen LogP) is 3.96. The van der Waals surface area contributed by atoms with Gasteiger partial charge in [0, 0.05) is 10.0 Å². The Balaban J connectivity index is 2.50. The van der Waals surface area contributed by atoms with Gasteiger partial charge in [0.15, 0.2) is 0 Å². The topological polar surface area (TPSA) is 9.23 Å². The number of ether oxygens (including phenoxy) is 1. The molecule has 14 heavy (non-hydrogen) atoms. The van der Waals surface area contributed by atoms with Gasteiger partial charge >= 0.3 is 0 Å². The average Bonchev–Trinajstić information content (AvgIpc) is 2.01. The zero-order valence-corrected chi connectivity index (χ0v) is 9.90. The summed E-state index contributed by atoms with van der Waals surface area (Å²) in [5.41, 5.74) is 1.11. The van der Waals surface area contributed by atoms with Crippen LogP contribution in [0.4, 0.5) is 0 Å². The van der Waals surface area contributed by atoms with Crippen molar-refractivity contribution in [2.75, 3.05) is 6.61 Å². The molecule has 0 spiro atoms. The van der Waals surface area contributed by atoms with E-state index in [-0.39, 0.29) is 6.10 Å². The summed E-state index contributed by atoms with van der Waals surface area (Å²) in [6, 6.07) is 5.56. The van der Waals surface area contributed by atoms with Crippen molar-refractivity contribution in [2.45, 2.75) is 26.4 Å². The van der Waals surface area contributed by atoms with Crippen LogP contribution in [0.1, 0.15) is 19.4 Å². The lowest BCUT2D eigenvalue weighted by Gasteiger charge is -2.07. The summed E-state index contributed by atoms with van der Waals surface area (Å²) in [7, 11) is 0. The van der Waals surface area contributed by atoms with Crippen molar-refractivity contribution < 1.29 is 4.74 Å². The zero-order chi connectivity index (χ0) is 10.6. The van der Waals surface area contributed by atoms with Crippen molar-refractivity contribution in [2.24, 2.45) is 0 Å². The standard InChI is InChI=1S/C11H14Cl2O/c1-8(2)14-4-3-9-5-10(12)7-11(13)6-9/h5-8H,3-4H2,1-2H3. The van der Waals surface area contributed by atoms with Crippen molar-refractivity contribution in [3.8, 4) is 0 Å². The van der Waals surface area contributed by atoms with Crippen LogP contribution in [0.3, 0.4) is 0 Å². The maximum absolute atomic E-state index is 5.87. The van der Waals surface area contributed by atoms with Crippen LogP contribution in [0.15, 0.2) is 18.2 Å². The van der Waals surface area contributed by atoms with E-state index < -0.39 is 0 Å². The van der Waals surface area contributed by atoms with Crippen molar-refractivity contribution in [3.63, 3.8) is 0 Å². The minimum absolute atomic E-state index is 0.268. The lowest BCUT2D eigenvalue weighted by molar-refractivity contribution is 0.0813. The molecule has 0 bridgehead atoms. The Morgan fingerprint density at radius 3 is 2.21 bits per heavy atom. The van der Waals surface area contributed by atoms with Crippen LogP contribution < -0.4 is 0 Å². The SMILES string of the molecule is CC(C)OCCc1cc(Cl)cc(Cl)c1. The van der Waals surface area contributed by atoms with E-state index in [1.165, 1.54) is 0 Å². The molecule has 0 fully saturated rings. The summed E-state index contributed by atoms with van der Waals surface area (Å²) < 4.78 is 5.44. The quantitative estimate of drug-likeness (QED) is 0.764. The number of halogens is 2. The zero-order valence-electron chi connectivity index (χ0n) is 8.39. The van der Waals surface area contributed by atoms with Crippen LogP contribution >= 0.6 is 23.2 Å². The van der Waals surface area contributed by atoms with Gasteiger partial charge in [-0.25, -0.2) is 0 Å². The maximum atomic E-state index is 5.87. The molecule has 0 atom stereocenters. The third-order valence-corrected chi connectivity index (χ3v) is 2.20. The summed E-state index contributed by atoms with van der Waals surface area (Å²) in [6.07, 6.45) is 1.11. The second-order valence-electron chi connectivity index (χ2n) is 3.45. The largest absolute Gasteiger partial charge is 0.378 e. The molecular weight excluding hydrogens is 219 g/mol. The molecule has 0 heterocycles. The molecule has 0 aliphatic rings. The second-order valence-corrected chi connectivity index (χ2v) is 4.32. The highest BCUT2D eigenvalue weighted by atomic mass is 35.5. The molecule has 78 valence electrons. The Labute approximate surface area is 95.0 Å². The van der Waals surface area contributed by atoms with Gasteiger partial charge in [-0.1, -0.05) is 23.2 Å². The molecule has 0 unspecified atom stereocenters. The second kappa shape index (κ2) is 5.59. The molecule has 0 radical (unpaired) electrons. The highest BCUT2D eigenvalue weighted by molar-refractivity contribution is 6.34. The van der Waals surface area contributed by atoms with Crippen LogP contribution in [0.25, 0.3) is 0 Å². The molecule has 1 rings (SSSR count). The first-order chi connectivity index (χ1) is 6.58. The first kappa shape index (κ1) is 11.8. The van der Waals surface area contributed by atoms with E-state index in [4.69, 9.17) is 27.9 Å². The smallest absolute Gasteiger partial charge is 0.0519 e. The van der Waals surface area contributed by atoms with Gasteiger partial charge < -0.3 is 4.74 Å². The van der Waals surface area contributed by atoms with Crippen LogP contribution in [0.2, 0.25) is 10.0 Å². The number of benzene rings is 1. The van der Waals surface area contributed by atoms with Gasteiger partial charge in [0.2, 0.25) is 0 Å². The van der Waals surface area contributed by atoms with Gasteiger partial charge in [-0.05, 0) is 44.0 Å². The fourth-order valence-electron chi connectivity index (χ4n) is 1.17. The summed E-state index contributed by atoms with van der Waals surface area (Å²) in [4.78, 5) is 0. The van der Waals surface area contributed by atoms with Gasteiger partial charge in [-0.2, -0.15) is 0 Å². The van der Waals surface area contributed by atoms with Crippen LogP contribution in [-0.4, -0.2) is 12.7 Å². The minimum atomic E-state index is 0.268. The van der Waals surface area contributed by atoms with Crippen molar-refractivity contribution in [3.05, 3.63) is 33.8 Å². The van der Waals surface area contributed by atoms with Gasteiger partial charge in [-0.15, -0.1) is 0 Å². The molecule has 1 nitrogen and oxygen atoms in total. The molecule has 0 N–H and O–H groups in total. The lowest BCUT2D eigenvalue weighted by atomic mass is 10.2. The molecule has 0 aliphatic carbocycles. The minimum Gasteiger partial charge on any atom is -0.378 e. The third-order valence-electron chi connectivity index (χ3n) is 1.76. The van der Waals surface area contributed by atoms with Gasteiger partial charge in [0.25, 0.3) is 0 Å². The summed E-state index contributed by atoms with van der Waals surface area (Å²) >= 11 is 11.7. The van der Waals surface area contributed by atoms with E-state index in [9.17, 15) is 0 Å². The number of hydrogen-bond donors (Lipinski definition) is 0. The van der Waals surface area contributed by atoms with Crippen molar-refractivity contribution in [1.29, 1.82) is 0 Å². The van der Waals surface area contributed by atoms with Gasteiger partial charge in [0.1, 0.15) is 0 Å². The normalized spacial score (nSPS) is 10.9. The Morgan fingerprint density at radius 2 is 1.71 bits per heavy atom. The number of rotatable bonds is 4. The molecule has 0 aromatic heterocycles. The molecule has 0 saturated carbocycles. The van der Waals surface area contributed by atoms with E-state index in [0.717, 1.165) is 12.0 Å². The molecule has 0 amide bonds. The molecule has 1 aromatic carbocycles. The molecular formula is C11H14Cl2O. The van der Waals surface area contributed by atoms with Crippen LogP contribution in [0.5, 0.6) is 0 Å². The first-order valence-electron chi connectivity index (χ1n) is 4.64. The van der Waals surface area contributed by atoms with E-state index in [0.29, 0.717) is 16.7 Å². The highest BCUT2D eigenvalue weighted by Crippen LogP contribution is 2.19. The van der Waals surface area contributed by atoms with Crippen molar-refractivity contribution >= 4 is 23.2 Å². The third kappa shape index (κ3) is 4.32. The monoisotopic (exact) mass is 232 g/mol. The molecule has 0 aliphatic heterocycles. The molecule has 3 heteroatoms. The molecule has 0 saturated heterocycles. The van der Waals surface area contributed by atoms with E-state index in [1.54, 1.807) is 6.07 Å². The molecule has 1 aromatic rings. The summed E-state index contributed by atoms with van der Waals surface area (Å²) in [6.45, 7) is 4.74.